The Hall–Kier alpha value is -3.11. The van der Waals surface area contributed by atoms with E-state index in [1.165, 1.54) is 11.8 Å². The van der Waals surface area contributed by atoms with Crippen LogP contribution < -0.4 is 27.0 Å². The van der Waals surface area contributed by atoms with Crippen molar-refractivity contribution in [1.82, 2.24) is 15.3 Å². The number of nitrogens with two attached hydrogens (primary N) is 2. The van der Waals surface area contributed by atoms with Gasteiger partial charge in [-0.1, -0.05) is 6.92 Å². The van der Waals surface area contributed by atoms with Crippen molar-refractivity contribution < 1.29 is 4.79 Å². The van der Waals surface area contributed by atoms with Gasteiger partial charge >= 0.3 is 0 Å². The number of nitrogens with zero attached hydrogens (tertiary/aromatic N) is 4. The third-order valence-electron chi connectivity index (χ3n) is 4.89. The first-order valence-corrected chi connectivity index (χ1v) is 11.3. The van der Waals surface area contributed by atoms with Gasteiger partial charge < -0.3 is 27.0 Å². The number of hydrogen-bond acceptors (Lipinski definition) is 8. The monoisotopic (exact) mass is 454 g/mol. The topological polar surface area (TPSA) is 135 Å². The van der Waals surface area contributed by atoms with Gasteiger partial charge in [0.05, 0.1) is 0 Å². The zero-order chi connectivity index (χ0) is 23.1. The lowest BCUT2D eigenvalue weighted by Gasteiger charge is -2.18. The summed E-state index contributed by atoms with van der Waals surface area (Å²) in [4.78, 5) is 28.5. The highest BCUT2D eigenvalue weighted by atomic mass is 32.2. The van der Waals surface area contributed by atoms with E-state index < -0.39 is 0 Å². The molecule has 0 radical (unpaired) electrons. The van der Waals surface area contributed by atoms with Crippen LogP contribution in [0.5, 0.6) is 0 Å². The van der Waals surface area contributed by atoms with E-state index in [9.17, 15) is 4.79 Å². The molecule has 1 atom stereocenters. The molecule has 3 rings (SSSR count). The highest BCUT2D eigenvalue weighted by Gasteiger charge is 2.23. The van der Waals surface area contributed by atoms with Gasteiger partial charge in [-0.3, -0.25) is 4.79 Å². The molecule has 0 spiro atoms. The second-order valence-electron chi connectivity index (χ2n) is 7.54. The van der Waals surface area contributed by atoms with Crippen LogP contribution in [0.3, 0.4) is 0 Å². The zero-order valence-corrected chi connectivity index (χ0v) is 19.4. The van der Waals surface area contributed by atoms with Gasteiger partial charge in [0.15, 0.2) is 11.0 Å². The number of allylic oxidation sites excluding steroid dienone is 1. The minimum Gasteiger partial charge on any atom is -0.402 e. The summed E-state index contributed by atoms with van der Waals surface area (Å²) in [6, 6.07) is 9.85. The molecule has 1 aliphatic heterocycles. The highest BCUT2D eigenvalue weighted by Crippen LogP contribution is 2.30. The molecule has 10 heteroatoms. The Morgan fingerprint density at radius 2 is 2.06 bits per heavy atom. The van der Waals surface area contributed by atoms with Gasteiger partial charge in [-0.2, -0.15) is 0 Å². The Morgan fingerprint density at radius 3 is 2.69 bits per heavy atom. The van der Waals surface area contributed by atoms with Crippen molar-refractivity contribution in [3.05, 3.63) is 42.1 Å². The number of likely N-dealkylation sites (N-methyl/N-ethyl adjacent to an activating group) is 1. The molecule has 1 amide bonds. The third kappa shape index (κ3) is 6.69. The van der Waals surface area contributed by atoms with E-state index in [-0.39, 0.29) is 11.7 Å². The van der Waals surface area contributed by atoms with Crippen LogP contribution in [0.15, 0.2) is 57.1 Å². The molecule has 2 aromatic rings. The van der Waals surface area contributed by atoms with E-state index in [0.717, 1.165) is 35.9 Å². The molecule has 1 aromatic heterocycles. The van der Waals surface area contributed by atoms with E-state index in [1.807, 2.05) is 44.3 Å². The number of aromatic nitrogens is 2. The van der Waals surface area contributed by atoms with Crippen molar-refractivity contribution in [2.24, 2.45) is 16.5 Å². The van der Waals surface area contributed by atoms with E-state index in [2.05, 4.69) is 25.5 Å². The van der Waals surface area contributed by atoms with E-state index in [1.54, 1.807) is 13.0 Å². The summed E-state index contributed by atoms with van der Waals surface area (Å²) in [5.74, 6) is 1.56. The fraction of sp³-hybridized carbons (Fsp3) is 0.364. The van der Waals surface area contributed by atoms with Crippen molar-refractivity contribution in [3.63, 3.8) is 0 Å². The number of carbonyl (C=O) groups is 1. The number of aliphatic imine (C=N–C) groups is 1. The highest BCUT2D eigenvalue weighted by molar-refractivity contribution is 7.99. The van der Waals surface area contributed by atoms with Gasteiger partial charge in [0.2, 0.25) is 5.91 Å². The summed E-state index contributed by atoms with van der Waals surface area (Å²) in [6.45, 7) is 5.34. The molecule has 0 aliphatic carbocycles. The maximum absolute atomic E-state index is 11.6. The fourth-order valence-corrected chi connectivity index (χ4v) is 3.99. The molecule has 0 saturated carbocycles. The number of benzene rings is 1. The average molecular weight is 455 g/mol. The molecule has 1 fully saturated rings. The molecular weight excluding hydrogens is 424 g/mol. The van der Waals surface area contributed by atoms with Crippen LogP contribution in [0.1, 0.15) is 26.7 Å². The average Bonchev–Trinajstić information content (AvgIpc) is 3.23. The number of rotatable bonds is 8. The van der Waals surface area contributed by atoms with Crippen molar-refractivity contribution >= 4 is 40.8 Å². The van der Waals surface area contributed by atoms with Gasteiger partial charge in [-0.05, 0) is 62.5 Å². The molecule has 2 heterocycles. The summed E-state index contributed by atoms with van der Waals surface area (Å²) in [7, 11) is 1.97. The first kappa shape index (κ1) is 23.6. The Bertz CT molecular complexity index is 1000. The molecular formula is C22H30N8OS. The van der Waals surface area contributed by atoms with Gasteiger partial charge in [0.25, 0.3) is 0 Å². The van der Waals surface area contributed by atoms with E-state index in [4.69, 9.17) is 16.5 Å². The van der Waals surface area contributed by atoms with Crippen molar-refractivity contribution in [2.45, 2.75) is 42.8 Å². The van der Waals surface area contributed by atoms with E-state index >= 15 is 0 Å². The number of amides is 1. The second kappa shape index (κ2) is 11.0. The number of carbonyl (C=O) groups excluding carboxylic acids is 1. The smallest absolute Gasteiger partial charge is 0.224 e. The van der Waals surface area contributed by atoms with Crippen LogP contribution in [0.25, 0.3) is 0 Å². The minimum atomic E-state index is -0.0196. The molecule has 6 N–H and O–H groups in total. The van der Waals surface area contributed by atoms with Gasteiger partial charge in [-0.25, -0.2) is 15.0 Å². The quantitative estimate of drug-likeness (QED) is 0.272. The predicted octanol–water partition coefficient (Wildman–Crippen LogP) is 2.63. The molecule has 32 heavy (non-hydrogen) atoms. The van der Waals surface area contributed by atoms with Crippen molar-refractivity contribution in [3.8, 4) is 0 Å². The molecule has 1 aromatic carbocycles. The lowest BCUT2D eigenvalue weighted by Crippen LogP contribution is -2.29. The molecule has 0 bridgehead atoms. The largest absolute Gasteiger partial charge is 0.402 e. The summed E-state index contributed by atoms with van der Waals surface area (Å²) >= 11 is 1.43. The van der Waals surface area contributed by atoms with Gasteiger partial charge in [0, 0.05) is 47.9 Å². The van der Waals surface area contributed by atoms with Crippen LogP contribution in [0.4, 0.5) is 17.3 Å². The van der Waals surface area contributed by atoms with Crippen LogP contribution in [-0.2, 0) is 4.79 Å². The minimum absolute atomic E-state index is 0.0196. The van der Waals surface area contributed by atoms with Crippen molar-refractivity contribution in [1.29, 1.82) is 0 Å². The Labute approximate surface area is 192 Å². The number of hydrogen-bond donors (Lipinski definition) is 4. The summed E-state index contributed by atoms with van der Waals surface area (Å²) in [5.41, 5.74) is 13.0. The third-order valence-corrected chi connectivity index (χ3v) is 5.76. The SMILES string of the molecule is CCC(=O)Nc1ccc(Sc2nc(N=C(N)C=C(C)N)cc(N3CC[C@H](NC)C3)n2)cc1. The van der Waals surface area contributed by atoms with E-state index in [0.29, 0.717) is 29.1 Å². The normalized spacial score (nSPS) is 17.0. The lowest BCUT2D eigenvalue weighted by molar-refractivity contribution is -0.115. The van der Waals surface area contributed by atoms with Gasteiger partial charge in [0.1, 0.15) is 11.7 Å². The maximum Gasteiger partial charge on any atom is 0.224 e. The Balaban J connectivity index is 1.87. The summed E-state index contributed by atoms with van der Waals surface area (Å²) in [5, 5.41) is 6.74. The lowest BCUT2D eigenvalue weighted by atomic mass is 10.3. The summed E-state index contributed by atoms with van der Waals surface area (Å²) < 4.78 is 0. The number of nitrogens with one attached hydrogen (secondary N) is 2. The number of amidine groups is 1. The Kier molecular flexibility index (Phi) is 8.07. The fourth-order valence-electron chi connectivity index (χ4n) is 3.23. The predicted molar refractivity (Wildman–Crippen MR) is 130 cm³/mol. The zero-order valence-electron chi connectivity index (χ0n) is 18.6. The van der Waals surface area contributed by atoms with Crippen LogP contribution in [0.2, 0.25) is 0 Å². The number of anilines is 2. The maximum atomic E-state index is 11.6. The molecule has 170 valence electrons. The summed E-state index contributed by atoms with van der Waals surface area (Å²) in [6.07, 6.45) is 3.09. The first-order chi connectivity index (χ1) is 15.4. The Morgan fingerprint density at radius 1 is 1.31 bits per heavy atom. The molecule has 1 saturated heterocycles. The van der Waals surface area contributed by atoms with Crippen molar-refractivity contribution in [2.75, 3.05) is 30.4 Å². The molecule has 0 unspecified atom stereocenters. The first-order valence-electron chi connectivity index (χ1n) is 10.5. The molecule has 9 nitrogen and oxygen atoms in total. The van der Waals surface area contributed by atoms with Crippen LogP contribution >= 0.6 is 11.8 Å². The van der Waals surface area contributed by atoms with Crippen LogP contribution in [-0.4, -0.2) is 47.9 Å². The van der Waals surface area contributed by atoms with Gasteiger partial charge in [-0.15, -0.1) is 0 Å². The standard InChI is InChI=1S/C22H30N8OS/c1-4-21(31)26-15-5-7-17(8-6-15)32-22-28-19(27-18(24)11-14(2)23)12-20(29-22)30-10-9-16(13-30)25-3/h5-8,11-12,16,25H,4,9-10,13,23H2,1-3H3,(H,26,31)(H2,24,27,28,29)/t16-/m0/s1. The second-order valence-corrected chi connectivity index (χ2v) is 8.58. The molecule has 1 aliphatic rings. The van der Waals surface area contributed by atoms with Crippen LogP contribution in [0, 0.1) is 0 Å².